The lowest BCUT2D eigenvalue weighted by molar-refractivity contribution is 0.286. The fourth-order valence-electron chi connectivity index (χ4n) is 2.91. The molecule has 0 radical (unpaired) electrons. The molecule has 0 saturated heterocycles. The SMILES string of the molecule is C=CCN(Cc1ccccc1)Cc1ccccc1Nc1ccccc1. The van der Waals surface area contributed by atoms with Crippen molar-refractivity contribution in [3.8, 4) is 0 Å². The van der Waals surface area contributed by atoms with E-state index in [-0.39, 0.29) is 0 Å². The first-order valence-electron chi connectivity index (χ1n) is 8.62. The van der Waals surface area contributed by atoms with E-state index in [9.17, 15) is 0 Å². The smallest absolute Gasteiger partial charge is 0.0429 e. The van der Waals surface area contributed by atoms with E-state index in [1.807, 2.05) is 24.3 Å². The van der Waals surface area contributed by atoms with Crippen molar-refractivity contribution in [3.05, 3.63) is 109 Å². The molecule has 0 aliphatic rings. The average Bonchev–Trinajstić information content (AvgIpc) is 2.65. The van der Waals surface area contributed by atoms with Crippen molar-refractivity contribution in [2.75, 3.05) is 11.9 Å². The van der Waals surface area contributed by atoms with Crippen molar-refractivity contribution < 1.29 is 0 Å². The zero-order valence-corrected chi connectivity index (χ0v) is 14.4. The standard InChI is InChI=1S/C23H24N2/c1-2-17-25(18-20-11-5-3-6-12-20)19-21-13-9-10-16-23(21)24-22-14-7-4-8-15-22/h2-16,24H,1,17-19H2. The van der Waals surface area contributed by atoms with E-state index >= 15 is 0 Å². The van der Waals surface area contributed by atoms with Gasteiger partial charge in [0.05, 0.1) is 0 Å². The number of benzene rings is 3. The maximum absolute atomic E-state index is 3.92. The minimum atomic E-state index is 0.856. The van der Waals surface area contributed by atoms with Crippen LogP contribution < -0.4 is 5.32 Å². The maximum Gasteiger partial charge on any atom is 0.0429 e. The van der Waals surface area contributed by atoms with Crippen LogP contribution in [0, 0.1) is 0 Å². The highest BCUT2D eigenvalue weighted by Gasteiger charge is 2.09. The molecular formula is C23H24N2. The van der Waals surface area contributed by atoms with E-state index in [0.29, 0.717) is 0 Å². The van der Waals surface area contributed by atoms with Crippen LogP contribution in [0.4, 0.5) is 11.4 Å². The second-order valence-electron chi connectivity index (χ2n) is 6.09. The summed E-state index contributed by atoms with van der Waals surface area (Å²) in [4.78, 5) is 2.40. The third-order valence-electron chi connectivity index (χ3n) is 4.10. The van der Waals surface area contributed by atoms with Gasteiger partial charge < -0.3 is 5.32 Å². The molecule has 0 fully saturated rings. The summed E-state index contributed by atoms with van der Waals surface area (Å²) in [5.41, 5.74) is 4.85. The van der Waals surface area contributed by atoms with Gasteiger partial charge in [-0.25, -0.2) is 0 Å². The van der Waals surface area contributed by atoms with Crippen molar-refractivity contribution in [3.63, 3.8) is 0 Å². The molecule has 0 aliphatic carbocycles. The van der Waals surface area contributed by atoms with E-state index in [2.05, 4.69) is 83.5 Å². The minimum absolute atomic E-state index is 0.856. The summed E-state index contributed by atoms with van der Waals surface area (Å²) in [6.07, 6.45) is 1.97. The Balaban J connectivity index is 1.76. The Morgan fingerprint density at radius 2 is 1.40 bits per heavy atom. The number of hydrogen-bond acceptors (Lipinski definition) is 2. The van der Waals surface area contributed by atoms with Crippen LogP contribution in [0.5, 0.6) is 0 Å². The molecule has 0 aliphatic heterocycles. The summed E-state index contributed by atoms with van der Waals surface area (Å²) in [5, 5.41) is 3.53. The Bertz CT molecular complexity index is 781. The molecule has 1 N–H and O–H groups in total. The van der Waals surface area contributed by atoms with Crippen molar-refractivity contribution in [1.29, 1.82) is 0 Å². The first-order chi connectivity index (χ1) is 12.3. The Morgan fingerprint density at radius 1 is 0.760 bits per heavy atom. The van der Waals surface area contributed by atoms with Gasteiger partial charge in [0.1, 0.15) is 0 Å². The Labute approximate surface area is 150 Å². The number of nitrogens with zero attached hydrogens (tertiary/aromatic N) is 1. The fraction of sp³-hybridized carbons (Fsp3) is 0.130. The van der Waals surface area contributed by atoms with Gasteiger partial charge in [0.15, 0.2) is 0 Å². The van der Waals surface area contributed by atoms with Gasteiger partial charge in [-0.1, -0.05) is 72.8 Å². The molecule has 0 saturated carbocycles. The molecule has 25 heavy (non-hydrogen) atoms. The van der Waals surface area contributed by atoms with Crippen molar-refractivity contribution in [1.82, 2.24) is 4.90 Å². The molecule has 0 heterocycles. The van der Waals surface area contributed by atoms with Crippen molar-refractivity contribution >= 4 is 11.4 Å². The van der Waals surface area contributed by atoms with E-state index in [4.69, 9.17) is 0 Å². The van der Waals surface area contributed by atoms with Gasteiger partial charge >= 0.3 is 0 Å². The first-order valence-corrected chi connectivity index (χ1v) is 8.62. The number of hydrogen-bond donors (Lipinski definition) is 1. The number of anilines is 2. The third-order valence-corrected chi connectivity index (χ3v) is 4.10. The number of rotatable bonds is 8. The minimum Gasteiger partial charge on any atom is -0.355 e. The lowest BCUT2D eigenvalue weighted by Crippen LogP contribution is -2.23. The van der Waals surface area contributed by atoms with E-state index in [1.165, 1.54) is 11.1 Å². The van der Waals surface area contributed by atoms with E-state index < -0.39 is 0 Å². The highest BCUT2D eigenvalue weighted by molar-refractivity contribution is 5.62. The van der Waals surface area contributed by atoms with Crippen LogP contribution in [-0.4, -0.2) is 11.4 Å². The average molecular weight is 328 g/mol. The van der Waals surface area contributed by atoms with Crippen LogP contribution in [0.2, 0.25) is 0 Å². The summed E-state index contributed by atoms with van der Waals surface area (Å²) in [6, 6.07) is 29.4. The molecular weight excluding hydrogens is 304 g/mol. The monoisotopic (exact) mass is 328 g/mol. The molecule has 2 heteroatoms. The van der Waals surface area contributed by atoms with Crippen molar-refractivity contribution in [2.24, 2.45) is 0 Å². The van der Waals surface area contributed by atoms with Crippen LogP contribution in [-0.2, 0) is 13.1 Å². The topological polar surface area (TPSA) is 15.3 Å². The van der Waals surface area contributed by atoms with Crippen LogP contribution in [0.1, 0.15) is 11.1 Å². The normalized spacial score (nSPS) is 10.6. The highest BCUT2D eigenvalue weighted by Crippen LogP contribution is 2.22. The molecule has 0 aromatic heterocycles. The molecule has 3 rings (SSSR count). The van der Waals surface area contributed by atoms with Gasteiger partial charge in [-0.2, -0.15) is 0 Å². The quantitative estimate of drug-likeness (QED) is 0.540. The van der Waals surface area contributed by atoms with Gasteiger partial charge in [0, 0.05) is 31.0 Å². The first kappa shape index (κ1) is 17.0. The molecule has 2 nitrogen and oxygen atoms in total. The lowest BCUT2D eigenvalue weighted by atomic mass is 10.1. The summed E-state index contributed by atoms with van der Waals surface area (Å²) < 4.78 is 0. The fourth-order valence-corrected chi connectivity index (χ4v) is 2.91. The molecule has 0 unspecified atom stereocenters. The molecule has 0 bridgehead atoms. The van der Waals surface area contributed by atoms with Gasteiger partial charge in [-0.3, -0.25) is 4.90 Å². The summed E-state index contributed by atoms with van der Waals surface area (Å²) in [7, 11) is 0. The predicted octanol–water partition coefficient (Wildman–Crippen LogP) is 5.62. The second-order valence-corrected chi connectivity index (χ2v) is 6.09. The van der Waals surface area contributed by atoms with Gasteiger partial charge in [0.2, 0.25) is 0 Å². The zero-order chi connectivity index (χ0) is 17.3. The molecule has 0 spiro atoms. The van der Waals surface area contributed by atoms with Crippen LogP contribution in [0.3, 0.4) is 0 Å². The summed E-state index contributed by atoms with van der Waals surface area (Å²) in [5.74, 6) is 0. The summed E-state index contributed by atoms with van der Waals surface area (Å²) in [6.45, 7) is 6.55. The predicted molar refractivity (Wildman–Crippen MR) is 107 cm³/mol. The molecule has 126 valence electrons. The van der Waals surface area contributed by atoms with E-state index in [1.54, 1.807) is 0 Å². The van der Waals surface area contributed by atoms with Crippen LogP contribution >= 0.6 is 0 Å². The highest BCUT2D eigenvalue weighted by atomic mass is 15.1. The van der Waals surface area contributed by atoms with Gasteiger partial charge in [-0.05, 0) is 29.3 Å². The van der Waals surface area contributed by atoms with E-state index in [0.717, 1.165) is 31.0 Å². The van der Waals surface area contributed by atoms with Gasteiger partial charge in [-0.15, -0.1) is 6.58 Å². The molecule has 0 atom stereocenters. The Kier molecular flexibility index (Phi) is 6.02. The van der Waals surface area contributed by atoms with Crippen molar-refractivity contribution in [2.45, 2.75) is 13.1 Å². The zero-order valence-electron chi connectivity index (χ0n) is 14.4. The molecule has 0 amide bonds. The van der Waals surface area contributed by atoms with Crippen LogP contribution in [0.25, 0.3) is 0 Å². The largest absolute Gasteiger partial charge is 0.355 e. The van der Waals surface area contributed by atoms with Crippen LogP contribution in [0.15, 0.2) is 97.6 Å². The van der Waals surface area contributed by atoms with Gasteiger partial charge in [0.25, 0.3) is 0 Å². The second kappa shape index (κ2) is 8.86. The Morgan fingerprint density at radius 3 is 2.12 bits per heavy atom. The third kappa shape index (κ3) is 5.07. The molecule has 3 aromatic rings. The number of nitrogens with one attached hydrogen (secondary N) is 1. The number of para-hydroxylation sites is 2. The molecule has 3 aromatic carbocycles. The Hall–Kier alpha value is -2.84. The summed E-state index contributed by atoms with van der Waals surface area (Å²) >= 11 is 0. The lowest BCUT2D eigenvalue weighted by Gasteiger charge is -2.23. The maximum atomic E-state index is 3.92.